The third kappa shape index (κ3) is 4.28. The van der Waals surface area contributed by atoms with Gasteiger partial charge in [-0.1, -0.05) is 44.2 Å². The van der Waals surface area contributed by atoms with Crippen LogP contribution >= 0.6 is 0 Å². The van der Waals surface area contributed by atoms with Crippen molar-refractivity contribution in [1.82, 2.24) is 0 Å². The van der Waals surface area contributed by atoms with Gasteiger partial charge in [-0.3, -0.25) is 14.6 Å². The molecule has 0 aromatic heterocycles. The Morgan fingerprint density at radius 2 is 1.53 bits per heavy atom. The summed E-state index contributed by atoms with van der Waals surface area (Å²) in [5.74, 6) is -0.0641. The van der Waals surface area contributed by atoms with Crippen LogP contribution in [0, 0.1) is 29.1 Å². The molecule has 4 saturated carbocycles. The summed E-state index contributed by atoms with van der Waals surface area (Å²) in [6.45, 7) is 0. The maximum Gasteiger partial charge on any atom is 0.416 e. The standard InChI is InChI=1S/C30H34F3NO2/c31-30(32,33)21-12-10-20(11-13-21)28(36)26-24(18-6-2-1-3-7-18)25-22(16-29(14-15-29)17-23(25)35)34-27(26)19-8-4-5-9-19/h10-13,18-19,24-25H,1-9,14-17H2. The number of aliphatic imine (C=N–C) groups is 1. The predicted molar refractivity (Wildman–Crippen MR) is 132 cm³/mol. The Hall–Kier alpha value is -2.24. The fraction of sp³-hybridized carbons (Fsp3) is 0.633. The predicted octanol–water partition coefficient (Wildman–Crippen LogP) is 7.74. The highest BCUT2D eigenvalue weighted by atomic mass is 19.4. The Balaban J connectivity index is 1.48. The molecule has 3 nitrogen and oxygen atoms in total. The third-order valence-corrected chi connectivity index (χ3v) is 9.62. The maximum atomic E-state index is 14.2. The Bertz CT molecular complexity index is 1110. The maximum absolute atomic E-state index is 14.2. The second kappa shape index (κ2) is 8.95. The number of nitrogens with zero attached hydrogens (tertiary/aromatic N) is 1. The van der Waals surface area contributed by atoms with Crippen LogP contribution in [0.15, 0.2) is 40.5 Å². The molecular weight excluding hydrogens is 463 g/mol. The number of halogens is 3. The molecule has 1 aliphatic heterocycles. The van der Waals surface area contributed by atoms with E-state index >= 15 is 0 Å². The first kappa shape index (κ1) is 24.1. The summed E-state index contributed by atoms with van der Waals surface area (Å²) in [7, 11) is 0. The van der Waals surface area contributed by atoms with Crippen molar-refractivity contribution in [3.05, 3.63) is 46.7 Å². The van der Waals surface area contributed by atoms with Crippen LogP contribution in [0.2, 0.25) is 0 Å². The number of carbonyl (C=O) groups excluding carboxylic acids is 2. The number of hydrogen-bond donors (Lipinski definition) is 0. The minimum Gasteiger partial charge on any atom is -0.299 e. The van der Waals surface area contributed by atoms with Crippen LogP contribution in [0.1, 0.15) is 99.4 Å². The van der Waals surface area contributed by atoms with Gasteiger partial charge in [0, 0.05) is 35.1 Å². The summed E-state index contributed by atoms with van der Waals surface area (Å²) in [6, 6.07) is 4.62. The van der Waals surface area contributed by atoms with E-state index in [4.69, 9.17) is 4.99 Å². The number of allylic oxidation sites excluding steroid dienone is 2. The number of rotatable bonds is 4. The highest BCUT2D eigenvalue weighted by Gasteiger charge is 2.56. The fourth-order valence-electron chi connectivity index (χ4n) is 7.57. The van der Waals surface area contributed by atoms with Gasteiger partial charge in [-0.25, -0.2) is 0 Å². The van der Waals surface area contributed by atoms with E-state index in [1.807, 2.05) is 0 Å². The zero-order valence-electron chi connectivity index (χ0n) is 20.7. The molecule has 0 amide bonds. The van der Waals surface area contributed by atoms with Crippen molar-refractivity contribution in [2.75, 3.05) is 0 Å². The molecule has 0 bridgehead atoms. The van der Waals surface area contributed by atoms with Crippen molar-refractivity contribution in [3.63, 3.8) is 0 Å². The Kier molecular flexibility index (Phi) is 6.00. The molecule has 6 rings (SSSR count). The van der Waals surface area contributed by atoms with E-state index in [1.54, 1.807) is 0 Å². The Morgan fingerprint density at radius 3 is 2.14 bits per heavy atom. The molecule has 0 radical (unpaired) electrons. The molecule has 1 aromatic carbocycles. The van der Waals surface area contributed by atoms with Gasteiger partial charge in [-0.15, -0.1) is 0 Å². The number of fused-ring (bicyclic) bond motifs is 1. The molecule has 2 atom stereocenters. The molecule has 5 aliphatic rings. The SMILES string of the molecule is O=C(C1=C(C2CCCC2)N=C2CC3(CC3)CC(=O)C2C1C1CCCCC1)c1ccc(C(F)(F)F)cc1. The minimum atomic E-state index is -4.45. The van der Waals surface area contributed by atoms with E-state index in [0.29, 0.717) is 12.0 Å². The molecule has 0 N–H and O–H groups in total. The first-order valence-corrected chi connectivity index (χ1v) is 13.8. The summed E-state index contributed by atoms with van der Waals surface area (Å²) in [4.78, 5) is 33.0. The third-order valence-electron chi connectivity index (χ3n) is 9.62. The number of ketones is 2. The van der Waals surface area contributed by atoms with Crippen LogP contribution in [0.5, 0.6) is 0 Å². The molecule has 1 spiro atoms. The zero-order chi connectivity index (χ0) is 25.1. The van der Waals surface area contributed by atoms with Gasteiger partial charge in [0.1, 0.15) is 5.78 Å². The van der Waals surface area contributed by atoms with Crippen LogP contribution < -0.4 is 0 Å². The summed E-state index contributed by atoms with van der Waals surface area (Å²) in [5, 5.41) is 0. The number of benzene rings is 1. The van der Waals surface area contributed by atoms with Gasteiger partial charge in [-0.05, 0) is 68.4 Å². The molecule has 4 aliphatic carbocycles. The highest BCUT2D eigenvalue weighted by molar-refractivity contribution is 6.15. The number of Topliss-reactive ketones (excluding diaryl/α,β-unsaturated/α-hetero) is 2. The van der Waals surface area contributed by atoms with E-state index < -0.39 is 11.7 Å². The lowest BCUT2D eigenvalue weighted by molar-refractivity contribution is -0.137. The molecule has 1 aromatic rings. The number of carbonyl (C=O) groups is 2. The molecule has 6 heteroatoms. The highest BCUT2D eigenvalue weighted by Crippen LogP contribution is 2.59. The van der Waals surface area contributed by atoms with Gasteiger partial charge >= 0.3 is 6.18 Å². The van der Waals surface area contributed by atoms with Crippen LogP contribution in [0.4, 0.5) is 13.2 Å². The molecule has 0 saturated heterocycles. The van der Waals surface area contributed by atoms with Gasteiger partial charge in [0.2, 0.25) is 0 Å². The minimum absolute atomic E-state index is 0.0965. The molecule has 2 unspecified atom stereocenters. The quantitative estimate of drug-likeness (QED) is 0.399. The van der Waals surface area contributed by atoms with Gasteiger partial charge < -0.3 is 0 Å². The summed E-state index contributed by atoms with van der Waals surface area (Å²) < 4.78 is 39.6. The average molecular weight is 498 g/mol. The normalized spacial score (nSPS) is 28.9. The molecule has 192 valence electrons. The van der Waals surface area contributed by atoms with Gasteiger partial charge in [0.25, 0.3) is 0 Å². The second-order valence-electron chi connectivity index (χ2n) is 12.0. The monoisotopic (exact) mass is 497 g/mol. The van der Waals surface area contributed by atoms with Crippen molar-refractivity contribution in [2.45, 2.75) is 89.6 Å². The largest absolute Gasteiger partial charge is 0.416 e. The Labute approximate surface area is 210 Å². The van der Waals surface area contributed by atoms with E-state index in [0.717, 1.165) is 94.2 Å². The van der Waals surface area contributed by atoms with Crippen LogP contribution in [-0.4, -0.2) is 17.3 Å². The molecule has 1 heterocycles. The van der Waals surface area contributed by atoms with E-state index in [2.05, 4.69) is 0 Å². The van der Waals surface area contributed by atoms with Gasteiger partial charge in [0.05, 0.1) is 17.2 Å². The smallest absolute Gasteiger partial charge is 0.299 e. The lowest BCUT2D eigenvalue weighted by Gasteiger charge is -2.44. The van der Waals surface area contributed by atoms with Crippen LogP contribution in [0.3, 0.4) is 0 Å². The Morgan fingerprint density at radius 1 is 0.889 bits per heavy atom. The van der Waals surface area contributed by atoms with Gasteiger partial charge in [0.15, 0.2) is 5.78 Å². The second-order valence-corrected chi connectivity index (χ2v) is 12.0. The topological polar surface area (TPSA) is 46.5 Å². The van der Waals surface area contributed by atoms with E-state index in [1.165, 1.54) is 18.6 Å². The van der Waals surface area contributed by atoms with Crippen molar-refractivity contribution in [1.29, 1.82) is 0 Å². The van der Waals surface area contributed by atoms with Crippen LogP contribution in [-0.2, 0) is 11.0 Å². The zero-order valence-corrected chi connectivity index (χ0v) is 20.7. The van der Waals surface area contributed by atoms with E-state index in [-0.39, 0.29) is 46.2 Å². The first-order valence-electron chi connectivity index (χ1n) is 13.8. The molecule has 4 fully saturated rings. The average Bonchev–Trinajstić information content (AvgIpc) is 3.37. The number of alkyl halides is 3. The summed E-state index contributed by atoms with van der Waals surface area (Å²) >= 11 is 0. The summed E-state index contributed by atoms with van der Waals surface area (Å²) in [5.41, 5.74) is 2.14. The van der Waals surface area contributed by atoms with Crippen molar-refractivity contribution >= 4 is 17.3 Å². The summed E-state index contributed by atoms with van der Waals surface area (Å²) in [6.07, 6.45) is 8.69. The van der Waals surface area contributed by atoms with Crippen molar-refractivity contribution in [3.8, 4) is 0 Å². The van der Waals surface area contributed by atoms with Crippen molar-refractivity contribution < 1.29 is 22.8 Å². The fourth-order valence-corrected chi connectivity index (χ4v) is 7.57. The lowest BCUT2D eigenvalue weighted by Crippen LogP contribution is -2.46. The molecular formula is C30H34F3NO2. The van der Waals surface area contributed by atoms with Crippen molar-refractivity contribution in [2.24, 2.45) is 34.1 Å². The van der Waals surface area contributed by atoms with Gasteiger partial charge in [-0.2, -0.15) is 13.2 Å². The lowest BCUT2D eigenvalue weighted by atomic mass is 9.60. The molecule has 36 heavy (non-hydrogen) atoms. The first-order chi connectivity index (χ1) is 17.3. The number of hydrogen-bond acceptors (Lipinski definition) is 3. The van der Waals surface area contributed by atoms with E-state index in [9.17, 15) is 22.8 Å². The van der Waals surface area contributed by atoms with Crippen LogP contribution in [0.25, 0.3) is 0 Å².